The molecule has 0 unspecified atom stereocenters. The van der Waals surface area contributed by atoms with Gasteiger partial charge in [-0.25, -0.2) is 8.78 Å². The van der Waals surface area contributed by atoms with Gasteiger partial charge >= 0.3 is 0 Å². The summed E-state index contributed by atoms with van der Waals surface area (Å²) in [7, 11) is 1.61. The van der Waals surface area contributed by atoms with Crippen molar-refractivity contribution in [1.29, 1.82) is 0 Å². The van der Waals surface area contributed by atoms with Crippen molar-refractivity contribution in [2.75, 3.05) is 7.05 Å². The Balaban J connectivity index is 1.69. The van der Waals surface area contributed by atoms with E-state index in [0.29, 0.717) is 11.5 Å². The summed E-state index contributed by atoms with van der Waals surface area (Å²) >= 11 is 0. The number of carbonyl (C=O) groups excluding carboxylic acids is 1. The van der Waals surface area contributed by atoms with Crippen molar-refractivity contribution in [2.24, 2.45) is 0 Å². The molecule has 1 aliphatic carbocycles. The van der Waals surface area contributed by atoms with Crippen molar-refractivity contribution in [3.63, 3.8) is 0 Å². The summed E-state index contributed by atoms with van der Waals surface area (Å²) < 4.78 is 36.6. The highest BCUT2D eigenvalue weighted by Crippen LogP contribution is 2.35. The van der Waals surface area contributed by atoms with Crippen LogP contribution >= 0.6 is 0 Å². The predicted molar refractivity (Wildman–Crippen MR) is 73.5 cm³/mol. The topological polar surface area (TPSA) is 59.5 Å². The second-order valence-corrected chi connectivity index (χ2v) is 5.56. The van der Waals surface area contributed by atoms with Crippen molar-refractivity contribution >= 4 is 5.91 Å². The van der Waals surface area contributed by atoms with Crippen LogP contribution in [0.5, 0.6) is 0 Å². The average molecular weight is 310 g/mol. The summed E-state index contributed by atoms with van der Waals surface area (Å²) in [5.74, 6) is -2.11. The lowest BCUT2D eigenvalue weighted by atomic mass is 9.91. The van der Waals surface area contributed by atoms with Crippen LogP contribution in [0.15, 0.2) is 33.4 Å². The maximum atomic E-state index is 13.2. The van der Waals surface area contributed by atoms with Gasteiger partial charge in [-0.05, 0) is 25.0 Å². The average Bonchev–Trinajstić information content (AvgIpc) is 3.16. The number of aromatic nitrogens is 1. The first-order valence-electron chi connectivity index (χ1n) is 7.12. The molecule has 0 spiro atoms. The molecule has 22 heavy (non-hydrogen) atoms. The first kappa shape index (κ1) is 14.7. The molecule has 0 radical (unpaired) electrons. The number of hydrogen-bond acceptors (Lipinski definition) is 4. The quantitative estimate of drug-likeness (QED) is 0.869. The Kier molecular flexibility index (Phi) is 3.72. The van der Waals surface area contributed by atoms with E-state index in [0.717, 1.165) is 0 Å². The Morgan fingerprint density at radius 2 is 2.09 bits per heavy atom. The van der Waals surface area contributed by atoms with E-state index in [2.05, 4.69) is 5.16 Å². The first-order chi connectivity index (χ1) is 10.5. The summed E-state index contributed by atoms with van der Waals surface area (Å²) in [6.07, 6.45) is 1.70. The number of carbonyl (C=O) groups is 1. The first-order valence-corrected chi connectivity index (χ1v) is 7.12. The van der Waals surface area contributed by atoms with Crippen molar-refractivity contribution < 1.29 is 22.5 Å². The molecule has 2 heterocycles. The maximum Gasteiger partial charge on any atom is 0.276 e. The van der Waals surface area contributed by atoms with Gasteiger partial charge in [0.25, 0.3) is 5.91 Å². The normalized spacial score (nSPS) is 18.3. The number of halogens is 2. The minimum Gasteiger partial charge on any atom is -0.461 e. The van der Waals surface area contributed by atoms with Gasteiger partial charge < -0.3 is 13.8 Å². The number of rotatable bonds is 3. The van der Waals surface area contributed by atoms with Gasteiger partial charge in [0.2, 0.25) is 11.7 Å². The molecule has 118 valence electrons. The maximum absolute atomic E-state index is 13.2. The van der Waals surface area contributed by atoms with Gasteiger partial charge in [0, 0.05) is 32.0 Å². The lowest BCUT2D eigenvalue weighted by Crippen LogP contribution is -2.41. The van der Waals surface area contributed by atoms with E-state index >= 15 is 0 Å². The largest absolute Gasteiger partial charge is 0.461 e. The minimum absolute atomic E-state index is 0.145. The third kappa shape index (κ3) is 2.88. The molecule has 0 aromatic carbocycles. The fourth-order valence-electron chi connectivity index (χ4n) is 2.67. The summed E-state index contributed by atoms with van der Waals surface area (Å²) in [4.78, 5) is 13.8. The number of furan rings is 1. The molecule has 5 nitrogen and oxygen atoms in total. The van der Waals surface area contributed by atoms with E-state index in [-0.39, 0.29) is 43.3 Å². The molecule has 0 saturated heterocycles. The van der Waals surface area contributed by atoms with E-state index in [1.54, 1.807) is 19.2 Å². The number of hydrogen-bond donors (Lipinski definition) is 0. The second kappa shape index (κ2) is 5.55. The van der Waals surface area contributed by atoms with Gasteiger partial charge in [-0.1, -0.05) is 5.16 Å². The third-order valence-corrected chi connectivity index (χ3v) is 4.05. The van der Waals surface area contributed by atoms with Crippen molar-refractivity contribution in [3.8, 4) is 11.5 Å². The highest BCUT2D eigenvalue weighted by molar-refractivity contribution is 5.93. The van der Waals surface area contributed by atoms with E-state index in [9.17, 15) is 13.6 Å². The van der Waals surface area contributed by atoms with E-state index in [1.807, 2.05) is 0 Å². The lowest BCUT2D eigenvalue weighted by Gasteiger charge is -2.34. The van der Waals surface area contributed by atoms with Gasteiger partial charge in [0.1, 0.15) is 0 Å². The molecule has 1 fully saturated rings. The summed E-state index contributed by atoms with van der Waals surface area (Å²) in [6, 6.07) is 4.70. The van der Waals surface area contributed by atoms with E-state index in [4.69, 9.17) is 8.94 Å². The molecule has 1 aliphatic rings. The van der Waals surface area contributed by atoms with Gasteiger partial charge in [-0.15, -0.1) is 0 Å². The third-order valence-electron chi connectivity index (χ3n) is 4.05. The lowest BCUT2D eigenvalue weighted by molar-refractivity contribution is -0.0491. The predicted octanol–water partition coefficient (Wildman–Crippen LogP) is 3.58. The van der Waals surface area contributed by atoms with E-state index < -0.39 is 5.92 Å². The molecular weight excluding hydrogens is 294 g/mol. The molecule has 0 atom stereocenters. The molecule has 0 bridgehead atoms. The zero-order chi connectivity index (χ0) is 15.7. The summed E-state index contributed by atoms with van der Waals surface area (Å²) in [5.41, 5.74) is 0.145. The monoisotopic (exact) mass is 310 g/mol. The van der Waals surface area contributed by atoms with Crippen LogP contribution in [0.2, 0.25) is 0 Å². The fourth-order valence-corrected chi connectivity index (χ4v) is 2.67. The van der Waals surface area contributed by atoms with Crippen LogP contribution in [0.25, 0.3) is 11.5 Å². The van der Waals surface area contributed by atoms with Gasteiger partial charge in [0.15, 0.2) is 11.5 Å². The van der Waals surface area contributed by atoms with Crippen LogP contribution in [-0.2, 0) is 0 Å². The number of alkyl halides is 2. The molecule has 7 heteroatoms. The minimum atomic E-state index is -2.61. The number of amides is 1. The molecule has 3 rings (SSSR count). The van der Waals surface area contributed by atoms with Crippen LogP contribution in [0, 0.1) is 0 Å². The highest BCUT2D eigenvalue weighted by Gasteiger charge is 2.37. The van der Waals surface area contributed by atoms with Crippen molar-refractivity contribution in [2.45, 2.75) is 37.6 Å². The van der Waals surface area contributed by atoms with Crippen molar-refractivity contribution in [3.05, 3.63) is 30.2 Å². The van der Waals surface area contributed by atoms with Crippen LogP contribution in [0.1, 0.15) is 36.2 Å². The van der Waals surface area contributed by atoms with Crippen molar-refractivity contribution in [1.82, 2.24) is 10.1 Å². The Labute approximate surface area is 125 Å². The summed E-state index contributed by atoms with van der Waals surface area (Å²) in [6.45, 7) is 0. The second-order valence-electron chi connectivity index (χ2n) is 5.56. The molecule has 1 amide bonds. The smallest absolute Gasteiger partial charge is 0.276 e. The van der Waals surface area contributed by atoms with Gasteiger partial charge in [-0.3, -0.25) is 4.79 Å². The zero-order valence-electron chi connectivity index (χ0n) is 12.1. The molecule has 0 N–H and O–H groups in total. The molecule has 2 aromatic rings. The van der Waals surface area contributed by atoms with E-state index in [1.165, 1.54) is 17.2 Å². The van der Waals surface area contributed by atoms with Crippen LogP contribution in [-0.4, -0.2) is 35.0 Å². The zero-order valence-corrected chi connectivity index (χ0v) is 12.1. The Morgan fingerprint density at radius 1 is 1.36 bits per heavy atom. The van der Waals surface area contributed by atoms with Crippen LogP contribution in [0.3, 0.4) is 0 Å². The molecule has 1 saturated carbocycles. The molecular formula is C15H16F2N2O3. The Morgan fingerprint density at radius 3 is 2.73 bits per heavy atom. The SMILES string of the molecule is CN(C(=O)c1cc(-c2ccco2)on1)C1CCC(F)(F)CC1. The fraction of sp³-hybridized carbons (Fsp3) is 0.467. The highest BCUT2D eigenvalue weighted by atomic mass is 19.3. The molecule has 2 aromatic heterocycles. The summed E-state index contributed by atoms with van der Waals surface area (Å²) in [5, 5.41) is 3.74. The van der Waals surface area contributed by atoms with Crippen LogP contribution in [0.4, 0.5) is 8.78 Å². The van der Waals surface area contributed by atoms with Gasteiger partial charge in [-0.2, -0.15) is 0 Å². The van der Waals surface area contributed by atoms with Crippen LogP contribution < -0.4 is 0 Å². The Hall–Kier alpha value is -2.18. The molecule has 0 aliphatic heterocycles. The van der Waals surface area contributed by atoms with Gasteiger partial charge in [0.05, 0.1) is 6.26 Å². The number of nitrogens with zero attached hydrogens (tertiary/aromatic N) is 2. The standard InChI is InChI=1S/C15H16F2N2O3/c1-19(10-4-6-15(16,17)7-5-10)14(20)11-9-13(22-18-11)12-3-2-8-21-12/h2-3,8-10H,4-7H2,1H3. The Bertz CT molecular complexity index is 642.